The van der Waals surface area contributed by atoms with E-state index in [0.717, 1.165) is 12.8 Å². The van der Waals surface area contributed by atoms with Gasteiger partial charge in [-0.25, -0.2) is 0 Å². The number of unbranched alkanes of at least 4 members (excludes halogenated alkanes) is 1. The second kappa shape index (κ2) is 5.14. The summed E-state index contributed by atoms with van der Waals surface area (Å²) in [5, 5.41) is 8.92. The van der Waals surface area contributed by atoms with E-state index in [4.69, 9.17) is 5.11 Å². The third kappa shape index (κ3) is 2.94. The van der Waals surface area contributed by atoms with Gasteiger partial charge >= 0.3 is 5.97 Å². The molecule has 0 aliphatic carbocycles. The molecular formula is C11H19NO3. The van der Waals surface area contributed by atoms with Gasteiger partial charge < -0.3 is 10.0 Å². The number of aliphatic carboxylic acids is 1. The van der Waals surface area contributed by atoms with Crippen LogP contribution in [0, 0.1) is 11.8 Å². The van der Waals surface area contributed by atoms with Gasteiger partial charge in [0.1, 0.15) is 0 Å². The number of hydrogen-bond donors (Lipinski definition) is 1. The van der Waals surface area contributed by atoms with Gasteiger partial charge in [0.05, 0.1) is 5.92 Å². The zero-order valence-corrected chi connectivity index (χ0v) is 9.40. The van der Waals surface area contributed by atoms with Crippen molar-refractivity contribution in [2.45, 2.75) is 33.1 Å². The van der Waals surface area contributed by atoms with Gasteiger partial charge in [0, 0.05) is 19.5 Å². The highest BCUT2D eigenvalue weighted by molar-refractivity contribution is 5.78. The number of hydrogen-bond acceptors (Lipinski definition) is 2. The molecule has 1 rings (SSSR count). The summed E-state index contributed by atoms with van der Waals surface area (Å²) in [6.07, 6.45) is 2.44. The van der Waals surface area contributed by atoms with Crippen LogP contribution < -0.4 is 0 Å². The Hall–Kier alpha value is -1.06. The third-order valence-corrected chi connectivity index (χ3v) is 3.03. The number of carboxylic acids is 1. The van der Waals surface area contributed by atoms with Crippen molar-refractivity contribution in [1.82, 2.24) is 4.90 Å². The molecule has 0 bridgehead atoms. The van der Waals surface area contributed by atoms with Gasteiger partial charge in [-0.1, -0.05) is 20.3 Å². The molecule has 0 radical (unpaired) electrons. The van der Waals surface area contributed by atoms with E-state index in [1.54, 1.807) is 4.90 Å². The van der Waals surface area contributed by atoms with E-state index in [-0.39, 0.29) is 17.7 Å². The number of rotatable bonds is 4. The van der Waals surface area contributed by atoms with Crippen LogP contribution in [0.15, 0.2) is 0 Å². The van der Waals surface area contributed by atoms with E-state index >= 15 is 0 Å². The topological polar surface area (TPSA) is 57.6 Å². The van der Waals surface area contributed by atoms with Gasteiger partial charge in [-0.15, -0.1) is 0 Å². The Bertz CT molecular complexity index is 252. The number of nitrogens with zero attached hydrogens (tertiary/aromatic N) is 1. The zero-order valence-electron chi connectivity index (χ0n) is 9.40. The lowest BCUT2D eigenvalue weighted by Gasteiger charge is -2.15. The van der Waals surface area contributed by atoms with Gasteiger partial charge in [0.25, 0.3) is 0 Å². The van der Waals surface area contributed by atoms with E-state index in [9.17, 15) is 9.59 Å². The minimum atomic E-state index is -0.784. The highest BCUT2D eigenvalue weighted by atomic mass is 16.4. The Morgan fingerprint density at radius 3 is 2.53 bits per heavy atom. The Morgan fingerprint density at radius 2 is 2.07 bits per heavy atom. The van der Waals surface area contributed by atoms with Crippen LogP contribution in [0.4, 0.5) is 0 Å². The van der Waals surface area contributed by atoms with Crippen LogP contribution in [0.2, 0.25) is 0 Å². The molecule has 4 nitrogen and oxygen atoms in total. The summed E-state index contributed by atoms with van der Waals surface area (Å²) < 4.78 is 0. The van der Waals surface area contributed by atoms with Crippen LogP contribution in [0.1, 0.15) is 33.1 Å². The van der Waals surface area contributed by atoms with Crippen molar-refractivity contribution in [3.63, 3.8) is 0 Å². The molecule has 0 aromatic carbocycles. The predicted molar refractivity (Wildman–Crippen MR) is 56.4 cm³/mol. The average molecular weight is 213 g/mol. The fourth-order valence-corrected chi connectivity index (χ4v) is 1.98. The summed E-state index contributed by atoms with van der Waals surface area (Å²) in [5.74, 6) is -0.982. The largest absolute Gasteiger partial charge is 0.481 e. The number of likely N-dealkylation sites (tertiary alicyclic amines) is 1. The molecule has 1 aliphatic heterocycles. The highest BCUT2D eigenvalue weighted by Gasteiger charge is 2.36. The van der Waals surface area contributed by atoms with E-state index in [1.165, 1.54) is 0 Å². The van der Waals surface area contributed by atoms with Crippen molar-refractivity contribution < 1.29 is 14.7 Å². The van der Waals surface area contributed by atoms with Crippen LogP contribution in [-0.2, 0) is 9.59 Å². The first kappa shape index (κ1) is 12.0. The van der Waals surface area contributed by atoms with E-state index in [2.05, 4.69) is 0 Å². The second-order valence-corrected chi connectivity index (χ2v) is 4.32. The SMILES string of the molecule is CCCCC(=O)N1CC(C)C(C(=O)O)C1. The van der Waals surface area contributed by atoms with Crippen molar-refractivity contribution in [2.24, 2.45) is 11.8 Å². The zero-order chi connectivity index (χ0) is 11.4. The van der Waals surface area contributed by atoms with Gasteiger partial charge in [-0.05, 0) is 12.3 Å². The lowest BCUT2D eigenvalue weighted by molar-refractivity contribution is -0.142. The molecule has 1 heterocycles. The molecule has 2 atom stereocenters. The molecular weight excluding hydrogens is 194 g/mol. The number of amides is 1. The average Bonchev–Trinajstić information content (AvgIpc) is 2.56. The van der Waals surface area contributed by atoms with Gasteiger partial charge in [-0.2, -0.15) is 0 Å². The van der Waals surface area contributed by atoms with Crippen molar-refractivity contribution >= 4 is 11.9 Å². The van der Waals surface area contributed by atoms with Crippen LogP contribution in [0.3, 0.4) is 0 Å². The molecule has 1 aliphatic rings. The molecule has 0 spiro atoms. The number of carboxylic acid groups (broad SMARTS) is 1. The monoisotopic (exact) mass is 213 g/mol. The van der Waals surface area contributed by atoms with Crippen molar-refractivity contribution in [3.8, 4) is 0 Å². The van der Waals surface area contributed by atoms with Crippen LogP contribution in [-0.4, -0.2) is 35.0 Å². The first-order chi connectivity index (χ1) is 7.06. The first-order valence-electron chi connectivity index (χ1n) is 5.56. The minimum absolute atomic E-state index is 0.0769. The molecule has 1 N–H and O–H groups in total. The van der Waals surface area contributed by atoms with Gasteiger partial charge in [0.15, 0.2) is 0 Å². The summed E-state index contributed by atoms with van der Waals surface area (Å²) in [7, 11) is 0. The summed E-state index contributed by atoms with van der Waals surface area (Å²) in [4.78, 5) is 24.2. The number of carbonyl (C=O) groups is 2. The van der Waals surface area contributed by atoms with Crippen LogP contribution in [0.25, 0.3) is 0 Å². The summed E-state index contributed by atoms with van der Waals surface area (Å²) >= 11 is 0. The van der Waals surface area contributed by atoms with Crippen molar-refractivity contribution in [2.75, 3.05) is 13.1 Å². The standard InChI is InChI=1S/C11H19NO3/c1-3-4-5-10(13)12-6-8(2)9(7-12)11(14)15/h8-9H,3-7H2,1-2H3,(H,14,15). The Balaban J connectivity index is 2.47. The Kier molecular flexibility index (Phi) is 4.12. The number of carbonyl (C=O) groups excluding carboxylic acids is 1. The maximum Gasteiger partial charge on any atom is 0.308 e. The molecule has 1 saturated heterocycles. The fraction of sp³-hybridized carbons (Fsp3) is 0.818. The van der Waals surface area contributed by atoms with Crippen LogP contribution in [0.5, 0.6) is 0 Å². The minimum Gasteiger partial charge on any atom is -0.481 e. The summed E-state index contributed by atoms with van der Waals surface area (Å²) in [6.45, 7) is 4.92. The highest BCUT2D eigenvalue weighted by Crippen LogP contribution is 2.23. The van der Waals surface area contributed by atoms with E-state index in [0.29, 0.717) is 19.5 Å². The van der Waals surface area contributed by atoms with Gasteiger partial charge in [-0.3, -0.25) is 9.59 Å². The second-order valence-electron chi connectivity index (χ2n) is 4.32. The lowest BCUT2D eigenvalue weighted by Crippen LogP contribution is -2.29. The molecule has 0 aromatic rings. The lowest BCUT2D eigenvalue weighted by atomic mass is 9.99. The molecule has 86 valence electrons. The molecule has 15 heavy (non-hydrogen) atoms. The molecule has 2 unspecified atom stereocenters. The van der Waals surface area contributed by atoms with E-state index < -0.39 is 5.97 Å². The van der Waals surface area contributed by atoms with Gasteiger partial charge in [0.2, 0.25) is 5.91 Å². The maximum atomic E-state index is 11.7. The third-order valence-electron chi connectivity index (χ3n) is 3.03. The predicted octanol–water partition coefficient (Wildman–Crippen LogP) is 1.36. The molecule has 4 heteroatoms. The van der Waals surface area contributed by atoms with Crippen LogP contribution >= 0.6 is 0 Å². The van der Waals surface area contributed by atoms with Crippen molar-refractivity contribution in [3.05, 3.63) is 0 Å². The smallest absolute Gasteiger partial charge is 0.308 e. The molecule has 1 amide bonds. The quantitative estimate of drug-likeness (QED) is 0.767. The normalized spacial score (nSPS) is 25.6. The van der Waals surface area contributed by atoms with Crippen molar-refractivity contribution in [1.29, 1.82) is 0 Å². The maximum absolute atomic E-state index is 11.7. The first-order valence-corrected chi connectivity index (χ1v) is 5.56. The molecule has 0 aromatic heterocycles. The summed E-state index contributed by atoms with van der Waals surface area (Å²) in [5.41, 5.74) is 0. The Labute approximate surface area is 90.3 Å². The summed E-state index contributed by atoms with van der Waals surface area (Å²) in [6, 6.07) is 0. The van der Waals surface area contributed by atoms with E-state index in [1.807, 2.05) is 13.8 Å². The fourth-order valence-electron chi connectivity index (χ4n) is 1.98. The molecule has 0 saturated carbocycles. The Morgan fingerprint density at radius 1 is 1.40 bits per heavy atom. The molecule has 1 fully saturated rings.